The number of hydrogen-bond acceptors (Lipinski definition) is 2. The van der Waals surface area contributed by atoms with E-state index in [1.165, 1.54) is 25.7 Å². The van der Waals surface area contributed by atoms with Crippen LogP contribution in [0.2, 0.25) is 0 Å². The molecule has 0 aliphatic heterocycles. The van der Waals surface area contributed by atoms with Crippen LogP contribution >= 0.6 is 12.4 Å². The Kier molecular flexibility index (Phi) is 14.7. The lowest BCUT2D eigenvalue weighted by atomic mass is 10.2. The number of rotatable bonds is 9. The molecule has 86 valence electrons. The summed E-state index contributed by atoms with van der Waals surface area (Å²) in [5.41, 5.74) is 5.01. The number of amides is 1. The predicted octanol–water partition coefficient (Wildman–Crippen LogP) is 1.84. The topological polar surface area (TPSA) is 55.1 Å². The van der Waals surface area contributed by atoms with E-state index in [4.69, 9.17) is 5.73 Å². The molecule has 3 N–H and O–H groups in total. The summed E-state index contributed by atoms with van der Waals surface area (Å²) in [6.45, 7) is 4.19. The highest BCUT2D eigenvalue weighted by atomic mass is 35.5. The standard InChI is InChI=1S/C10H22N2O.ClH/c1-2-3-4-5-8-12-9-6-7-10(11)13;/h12H,2-9H2,1H3,(H2,11,13);1H. The van der Waals surface area contributed by atoms with Crippen LogP contribution in [0.1, 0.15) is 45.4 Å². The van der Waals surface area contributed by atoms with E-state index < -0.39 is 0 Å². The molecule has 0 aromatic carbocycles. The maximum atomic E-state index is 10.4. The molecule has 0 saturated carbocycles. The Morgan fingerprint density at radius 2 is 1.79 bits per heavy atom. The molecule has 3 nitrogen and oxygen atoms in total. The molecule has 0 rings (SSSR count). The number of nitrogens with one attached hydrogen (secondary N) is 1. The molecule has 0 aliphatic carbocycles. The fourth-order valence-corrected chi connectivity index (χ4v) is 1.19. The Morgan fingerprint density at radius 3 is 2.36 bits per heavy atom. The summed E-state index contributed by atoms with van der Waals surface area (Å²) in [4.78, 5) is 10.4. The fourth-order valence-electron chi connectivity index (χ4n) is 1.19. The van der Waals surface area contributed by atoms with E-state index in [0.717, 1.165) is 19.5 Å². The van der Waals surface area contributed by atoms with E-state index in [-0.39, 0.29) is 18.3 Å². The van der Waals surface area contributed by atoms with E-state index in [1.54, 1.807) is 0 Å². The highest BCUT2D eigenvalue weighted by Crippen LogP contribution is 1.96. The number of carbonyl (C=O) groups excluding carboxylic acids is 1. The highest BCUT2D eigenvalue weighted by Gasteiger charge is 1.93. The summed E-state index contributed by atoms with van der Waals surface area (Å²) in [7, 11) is 0. The third-order valence-electron chi connectivity index (χ3n) is 1.98. The molecule has 0 aliphatic rings. The number of nitrogens with two attached hydrogens (primary N) is 1. The molecule has 0 aromatic heterocycles. The Bertz CT molecular complexity index is 131. The smallest absolute Gasteiger partial charge is 0.217 e. The summed E-state index contributed by atoms with van der Waals surface area (Å²) >= 11 is 0. The number of halogens is 1. The summed E-state index contributed by atoms with van der Waals surface area (Å²) in [5, 5.41) is 3.29. The zero-order chi connectivity index (χ0) is 9.94. The molecular weight excluding hydrogens is 200 g/mol. The van der Waals surface area contributed by atoms with Crippen LogP contribution in [-0.2, 0) is 4.79 Å². The molecule has 0 spiro atoms. The minimum absolute atomic E-state index is 0. The number of primary amides is 1. The van der Waals surface area contributed by atoms with Crippen molar-refractivity contribution >= 4 is 18.3 Å². The van der Waals surface area contributed by atoms with E-state index in [9.17, 15) is 4.79 Å². The molecule has 14 heavy (non-hydrogen) atoms. The summed E-state index contributed by atoms with van der Waals surface area (Å²) in [6.07, 6.45) is 6.51. The van der Waals surface area contributed by atoms with Gasteiger partial charge in [0.05, 0.1) is 0 Å². The van der Waals surface area contributed by atoms with Gasteiger partial charge < -0.3 is 11.1 Å². The first kappa shape index (κ1) is 16.2. The Hall–Kier alpha value is -0.280. The van der Waals surface area contributed by atoms with Gasteiger partial charge in [-0.1, -0.05) is 26.2 Å². The van der Waals surface area contributed by atoms with Crippen LogP contribution in [0.25, 0.3) is 0 Å². The zero-order valence-corrected chi connectivity index (χ0v) is 9.87. The van der Waals surface area contributed by atoms with E-state index >= 15 is 0 Å². The summed E-state index contributed by atoms with van der Waals surface area (Å²) in [6, 6.07) is 0. The van der Waals surface area contributed by atoms with Crippen LogP contribution in [-0.4, -0.2) is 19.0 Å². The van der Waals surface area contributed by atoms with E-state index in [1.807, 2.05) is 0 Å². The molecule has 0 unspecified atom stereocenters. The van der Waals surface area contributed by atoms with Gasteiger partial charge in [0, 0.05) is 6.42 Å². The Balaban J connectivity index is 0. The van der Waals surface area contributed by atoms with Crippen LogP contribution in [0.4, 0.5) is 0 Å². The van der Waals surface area contributed by atoms with Crippen molar-refractivity contribution in [2.24, 2.45) is 5.73 Å². The van der Waals surface area contributed by atoms with Crippen molar-refractivity contribution in [1.82, 2.24) is 5.32 Å². The number of carbonyl (C=O) groups is 1. The second kappa shape index (κ2) is 12.7. The van der Waals surface area contributed by atoms with Crippen molar-refractivity contribution < 1.29 is 4.79 Å². The van der Waals surface area contributed by atoms with Crippen molar-refractivity contribution in [2.45, 2.75) is 45.4 Å². The van der Waals surface area contributed by atoms with Crippen LogP contribution in [0.15, 0.2) is 0 Å². The van der Waals surface area contributed by atoms with Crippen molar-refractivity contribution in [3.63, 3.8) is 0 Å². The average molecular weight is 223 g/mol. The molecule has 0 bridgehead atoms. The molecule has 0 fully saturated rings. The summed E-state index contributed by atoms with van der Waals surface area (Å²) < 4.78 is 0. The highest BCUT2D eigenvalue weighted by molar-refractivity contribution is 5.85. The molecular formula is C10H23ClN2O. The Labute approximate surface area is 93.2 Å². The van der Waals surface area contributed by atoms with Crippen LogP contribution in [0, 0.1) is 0 Å². The third kappa shape index (κ3) is 14.3. The first-order valence-corrected chi connectivity index (χ1v) is 5.26. The van der Waals surface area contributed by atoms with Gasteiger partial charge in [-0.05, 0) is 25.9 Å². The van der Waals surface area contributed by atoms with E-state index in [0.29, 0.717) is 6.42 Å². The van der Waals surface area contributed by atoms with Gasteiger partial charge >= 0.3 is 0 Å². The molecule has 0 aromatic rings. The van der Waals surface area contributed by atoms with Gasteiger partial charge in [-0.15, -0.1) is 12.4 Å². The molecule has 0 atom stereocenters. The van der Waals surface area contributed by atoms with Gasteiger partial charge in [-0.3, -0.25) is 4.79 Å². The van der Waals surface area contributed by atoms with Gasteiger partial charge in [0.15, 0.2) is 0 Å². The van der Waals surface area contributed by atoms with Crippen molar-refractivity contribution in [3.8, 4) is 0 Å². The lowest BCUT2D eigenvalue weighted by molar-refractivity contribution is -0.118. The van der Waals surface area contributed by atoms with E-state index in [2.05, 4.69) is 12.2 Å². The normalized spacial score (nSPS) is 9.50. The largest absolute Gasteiger partial charge is 0.370 e. The third-order valence-corrected chi connectivity index (χ3v) is 1.98. The second-order valence-corrected chi connectivity index (χ2v) is 3.38. The van der Waals surface area contributed by atoms with Crippen molar-refractivity contribution in [3.05, 3.63) is 0 Å². The monoisotopic (exact) mass is 222 g/mol. The maximum Gasteiger partial charge on any atom is 0.217 e. The van der Waals surface area contributed by atoms with Crippen LogP contribution in [0.3, 0.4) is 0 Å². The summed E-state index contributed by atoms with van der Waals surface area (Å²) in [5.74, 6) is -0.201. The first-order valence-electron chi connectivity index (χ1n) is 5.26. The average Bonchev–Trinajstić information content (AvgIpc) is 2.09. The lowest BCUT2D eigenvalue weighted by Crippen LogP contribution is -2.19. The fraction of sp³-hybridized carbons (Fsp3) is 0.900. The van der Waals surface area contributed by atoms with Gasteiger partial charge in [-0.25, -0.2) is 0 Å². The molecule has 0 heterocycles. The van der Waals surface area contributed by atoms with Crippen molar-refractivity contribution in [2.75, 3.05) is 13.1 Å². The number of hydrogen-bond donors (Lipinski definition) is 2. The molecule has 0 radical (unpaired) electrons. The molecule has 1 amide bonds. The quantitative estimate of drug-likeness (QED) is 0.585. The van der Waals surface area contributed by atoms with Gasteiger partial charge in [0.25, 0.3) is 0 Å². The minimum atomic E-state index is -0.201. The maximum absolute atomic E-state index is 10.4. The van der Waals surface area contributed by atoms with Gasteiger partial charge in [0.1, 0.15) is 0 Å². The van der Waals surface area contributed by atoms with Crippen LogP contribution in [0.5, 0.6) is 0 Å². The molecule has 0 saturated heterocycles. The van der Waals surface area contributed by atoms with Crippen LogP contribution < -0.4 is 11.1 Å². The number of unbranched alkanes of at least 4 members (excludes halogenated alkanes) is 3. The zero-order valence-electron chi connectivity index (χ0n) is 9.05. The Morgan fingerprint density at radius 1 is 1.14 bits per heavy atom. The second-order valence-electron chi connectivity index (χ2n) is 3.38. The minimum Gasteiger partial charge on any atom is -0.370 e. The van der Waals surface area contributed by atoms with Gasteiger partial charge in [-0.2, -0.15) is 0 Å². The SMILES string of the molecule is CCCCCCNCCCC(N)=O.Cl. The van der Waals surface area contributed by atoms with Gasteiger partial charge in [0.2, 0.25) is 5.91 Å². The lowest BCUT2D eigenvalue weighted by Gasteiger charge is -2.02. The van der Waals surface area contributed by atoms with Crippen molar-refractivity contribution in [1.29, 1.82) is 0 Å². The molecule has 4 heteroatoms. The first-order chi connectivity index (χ1) is 6.27. The predicted molar refractivity (Wildman–Crippen MR) is 62.7 cm³/mol.